The maximum Gasteiger partial charge on any atom is 0.213 e. The first-order chi connectivity index (χ1) is 9.30. The van der Waals surface area contributed by atoms with Crippen molar-refractivity contribution in [1.29, 1.82) is 15.8 Å². The Balaban J connectivity index is 2.58. The molecule has 0 atom stereocenters. The molecule has 10 nitrogen and oxygen atoms in total. The zero-order chi connectivity index (χ0) is 13.4. The second-order valence-electron chi connectivity index (χ2n) is 3.32. The van der Waals surface area contributed by atoms with Crippen molar-refractivity contribution in [1.82, 2.24) is 20.4 Å². The normalized spacial score (nSPS) is 11.7. The number of hydrogen-bond acceptors (Lipinski definition) is 10. The molecule has 0 fully saturated rings. The molecular formula is C9N10. The lowest BCUT2D eigenvalue weighted by atomic mass is 10.1. The minimum atomic E-state index is -0.159. The molecule has 19 heavy (non-hydrogen) atoms. The van der Waals surface area contributed by atoms with Gasteiger partial charge in [-0.05, 0) is 10.4 Å². The third kappa shape index (κ3) is 1.27. The Bertz CT molecular complexity index is 862. The molecule has 0 bridgehead atoms. The number of nitriles is 3. The highest BCUT2D eigenvalue weighted by atomic mass is 15.6. The van der Waals surface area contributed by atoms with Crippen LogP contribution in [0.25, 0.3) is 11.0 Å². The Morgan fingerprint density at radius 1 is 1.05 bits per heavy atom. The van der Waals surface area contributed by atoms with Gasteiger partial charge in [-0.1, -0.05) is 0 Å². The summed E-state index contributed by atoms with van der Waals surface area (Å²) in [6.45, 7) is 0. The second kappa shape index (κ2) is 3.65. The minimum absolute atomic E-state index is 0.0775. The molecule has 86 valence electrons. The van der Waals surface area contributed by atoms with Crippen LogP contribution in [0.3, 0.4) is 0 Å². The summed E-state index contributed by atoms with van der Waals surface area (Å²) >= 11 is 0. The van der Waals surface area contributed by atoms with Crippen molar-refractivity contribution in [3.63, 3.8) is 0 Å². The highest BCUT2D eigenvalue weighted by molar-refractivity contribution is 6.01. The fourth-order valence-corrected chi connectivity index (χ4v) is 1.67. The molecular weight excluding hydrogens is 248 g/mol. The van der Waals surface area contributed by atoms with Gasteiger partial charge in [-0.25, -0.2) is 4.98 Å². The molecule has 1 aliphatic rings. The van der Waals surface area contributed by atoms with Crippen LogP contribution in [0.15, 0.2) is 10.3 Å². The zero-order valence-electron chi connectivity index (χ0n) is 8.97. The number of nitrogens with zero attached hydrogens (tertiary/aromatic N) is 10. The van der Waals surface area contributed by atoms with Crippen LogP contribution >= 0.6 is 0 Å². The number of anilines is 1. The standard InChI is InChI=1S/C9N10/c10-1-4-5(2-11)13-8-6-7(4)19(3-12)18-16-9(6)15-17-14-8. The molecule has 0 spiro atoms. The summed E-state index contributed by atoms with van der Waals surface area (Å²) in [5.74, 6) is 0.0972. The summed E-state index contributed by atoms with van der Waals surface area (Å²) in [6.07, 6.45) is 1.74. The number of rotatable bonds is 0. The van der Waals surface area contributed by atoms with Gasteiger partial charge in [-0.3, -0.25) is 0 Å². The van der Waals surface area contributed by atoms with Gasteiger partial charge in [0.2, 0.25) is 12.0 Å². The molecule has 2 aromatic heterocycles. The van der Waals surface area contributed by atoms with Crippen LogP contribution in [-0.2, 0) is 0 Å². The van der Waals surface area contributed by atoms with E-state index in [9.17, 15) is 0 Å². The van der Waals surface area contributed by atoms with E-state index in [1.165, 1.54) is 0 Å². The quantitative estimate of drug-likeness (QED) is 0.609. The first kappa shape index (κ1) is 10.4. The van der Waals surface area contributed by atoms with Crippen molar-refractivity contribution in [2.75, 3.05) is 5.01 Å². The fraction of sp³-hybridized carbons (Fsp3) is 0. The van der Waals surface area contributed by atoms with Crippen molar-refractivity contribution < 1.29 is 0 Å². The largest absolute Gasteiger partial charge is 0.214 e. The van der Waals surface area contributed by atoms with E-state index in [-0.39, 0.29) is 33.8 Å². The molecule has 0 saturated carbocycles. The monoisotopic (exact) mass is 248 g/mol. The van der Waals surface area contributed by atoms with Gasteiger partial charge in [-0.15, -0.1) is 20.3 Å². The van der Waals surface area contributed by atoms with Gasteiger partial charge in [0.15, 0.2) is 11.3 Å². The third-order valence-corrected chi connectivity index (χ3v) is 2.41. The van der Waals surface area contributed by atoms with E-state index in [0.717, 1.165) is 5.01 Å². The molecule has 3 heterocycles. The van der Waals surface area contributed by atoms with Crippen molar-refractivity contribution >= 4 is 22.5 Å². The summed E-state index contributed by atoms with van der Waals surface area (Å²) in [7, 11) is 0. The van der Waals surface area contributed by atoms with Crippen LogP contribution in [0.4, 0.5) is 11.5 Å². The average Bonchev–Trinajstić information content (AvgIpc) is 2.47. The molecule has 0 amide bonds. The molecule has 0 aromatic carbocycles. The molecule has 0 saturated heterocycles. The Hall–Kier alpha value is -3.71. The Morgan fingerprint density at radius 3 is 2.58 bits per heavy atom. The molecule has 1 aliphatic heterocycles. The van der Waals surface area contributed by atoms with Crippen molar-refractivity contribution in [2.45, 2.75) is 0 Å². The van der Waals surface area contributed by atoms with Gasteiger partial charge in [-0.2, -0.15) is 15.8 Å². The van der Waals surface area contributed by atoms with Crippen LogP contribution in [0.1, 0.15) is 11.3 Å². The van der Waals surface area contributed by atoms with E-state index in [2.05, 4.69) is 30.7 Å². The maximum absolute atomic E-state index is 9.14. The lowest BCUT2D eigenvalue weighted by Gasteiger charge is -2.16. The minimum Gasteiger partial charge on any atom is -0.214 e. The lowest BCUT2D eigenvalue weighted by Crippen LogP contribution is -2.14. The van der Waals surface area contributed by atoms with E-state index >= 15 is 0 Å². The van der Waals surface area contributed by atoms with E-state index in [1.54, 1.807) is 12.3 Å². The molecule has 10 heteroatoms. The van der Waals surface area contributed by atoms with Crippen LogP contribution in [0.2, 0.25) is 0 Å². The average molecular weight is 248 g/mol. The smallest absolute Gasteiger partial charge is 0.213 e. The zero-order valence-corrected chi connectivity index (χ0v) is 8.97. The number of aromatic nitrogens is 4. The Labute approximate surface area is 104 Å². The van der Waals surface area contributed by atoms with E-state index < -0.39 is 0 Å². The Kier molecular flexibility index (Phi) is 2.01. The summed E-state index contributed by atoms with van der Waals surface area (Å²) in [6, 6.07) is 3.60. The molecule has 0 N–H and O–H groups in total. The first-order valence-electron chi connectivity index (χ1n) is 4.79. The van der Waals surface area contributed by atoms with Crippen LogP contribution in [-0.4, -0.2) is 20.4 Å². The maximum atomic E-state index is 9.14. The van der Waals surface area contributed by atoms with Gasteiger partial charge in [0, 0.05) is 0 Å². The summed E-state index contributed by atoms with van der Waals surface area (Å²) in [5.41, 5.74) is -0.0616. The van der Waals surface area contributed by atoms with Gasteiger partial charge in [0.25, 0.3) is 0 Å². The Morgan fingerprint density at radius 2 is 1.89 bits per heavy atom. The van der Waals surface area contributed by atoms with Gasteiger partial charge < -0.3 is 0 Å². The highest BCUT2D eigenvalue weighted by Gasteiger charge is 2.27. The third-order valence-electron chi connectivity index (χ3n) is 2.41. The van der Waals surface area contributed by atoms with E-state index in [4.69, 9.17) is 15.8 Å². The topological polar surface area (TPSA) is 151 Å². The predicted molar refractivity (Wildman–Crippen MR) is 57.2 cm³/mol. The lowest BCUT2D eigenvalue weighted by molar-refractivity contribution is 0.849. The number of pyridine rings is 1. The van der Waals surface area contributed by atoms with Crippen LogP contribution in [0, 0.1) is 34.1 Å². The molecule has 3 rings (SSSR count). The molecule has 2 aromatic rings. The molecule has 0 unspecified atom stereocenters. The summed E-state index contributed by atoms with van der Waals surface area (Å²) < 4.78 is 0. The summed E-state index contributed by atoms with van der Waals surface area (Å²) in [4.78, 5) is 3.90. The van der Waals surface area contributed by atoms with Crippen molar-refractivity contribution in [3.8, 4) is 18.3 Å². The fourth-order valence-electron chi connectivity index (χ4n) is 1.67. The highest BCUT2D eigenvalue weighted by Crippen LogP contribution is 2.38. The van der Waals surface area contributed by atoms with Gasteiger partial charge in [0.1, 0.15) is 23.4 Å². The van der Waals surface area contributed by atoms with Crippen molar-refractivity contribution in [3.05, 3.63) is 11.3 Å². The van der Waals surface area contributed by atoms with Gasteiger partial charge in [0.05, 0.1) is 5.39 Å². The van der Waals surface area contributed by atoms with E-state index in [0.29, 0.717) is 0 Å². The predicted octanol–water partition coefficient (Wildman–Crippen LogP) is 0.463. The van der Waals surface area contributed by atoms with E-state index in [1.807, 2.05) is 6.07 Å². The van der Waals surface area contributed by atoms with Crippen LogP contribution < -0.4 is 5.01 Å². The second-order valence-corrected chi connectivity index (χ2v) is 3.32. The molecule has 0 aliphatic carbocycles. The molecule has 0 radical (unpaired) electrons. The summed E-state index contributed by atoms with van der Waals surface area (Å²) in [5, 5.41) is 46.2. The van der Waals surface area contributed by atoms with Gasteiger partial charge >= 0.3 is 0 Å². The van der Waals surface area contributed by atoms with Crippen molar-refractivity contribution in [2.24, 2.45) is 10.3 Å². The van der Waals surface area contributed by atoms with Crippen LogP contribution in [0.5, 0.6) is 0 Å². The number of hydrogen-bond donors (Lipinski definition) is 0. The SMILES string of the molecule is N#Cc1nc2nnnc3c2c(c1C#N)N(C#N)N=N3. The first-order valence-corrected chi connectivity index (χ1v) is 4.79.